The second-order valence-corrected chi connectivity index (χ2v) is 16.6. The summed E-state index contributed by atoms with van der Waals surface area (Å²) in [6, 6.07) is 7.89. The van der Waals surface area contributed by atoms with Crippen LogP contribution in [0.15, 0.2) is 48.4 Å². The molecule has 0 spiro atoms. The van der Waals surface area contributed by atoms with Crippen molar-refractivity contribution in [1.82, 2.24) is 10.3 Å². The Bertz CT molecular complexity index is 1630. The molecule has 10 atom stereocenters. The third-order valence-electron chi connectivity index (χ3n) is 13.1. The number of ether oxygens (including phenoxy) is 3. The number of aromatic nitrogens is 1. The Morgan fingerprint density at radius 3 is 2.47 bits per heavy atom. The number of carbonyl (C=O) groups is 2. The van der Waals surface area contributed by atoms with Crippen LogP contribution in [-0.2, 0) is 25.5 Å². The van der Waals surface area contributed by atoms with Gasteiger partial charge in [0.25, 0.3) is 0 Å². The maximum Gasteiger partial charge on any atom is 0.302 e. The number of aliphatic hydroxyl groups excluding tert-OH is 1. The minimum Gasteiger partial charge on any atom is -0.504 e. The highest BCUT2D eigenvalue weighted by Gasteiger charge is 2.51. The molecule has 2 aromatic rings. The van der Waals surface area contributed by atoms with E-state index in [2.05, 4.69) is 36.3 Å². The number of benzene rings is 1. The summed E-state index contributed by atoms with van der Waals surface area (Å²) in [5, 5.41) is 24.8. The van der Waals surface area contributed by atoms with E-state index in [1.54, 1.807) is 6.07 Å². The monoisotopic (exact) mass is 731 g/mol. The topological polar surface area (TPSA) is 156 Å². The van der Waals surface area contributed by atoms with Gasteiger partial charge in [-0.15, -0.1) is 0 Å². The number of esters is 2. The fraction of sp³-hybridized carbons (Fsp3) is 0.628. The van der Waals surface area contributed by atoms with Crippen LogP contribution in [0.5, 0.6) is 11.5 Å². The number of phenols is 1. The summed E-state index contributed by atoms with van der Waals surface area (Å²) in [6.45, 7) is 8.27. The van der Waals surface area contributed by atoms with Gasteiger partial charge in [-0.05, 0) is 146 Å². The van der Waals surface area contributed by atoms with Crippen molar-refractivity contribution in [2.45, 2.75) is 104 Å². The summed E-state index contributed by atoms with van der Waals surface area (Å²) in [6.07, 6.45) is 12.5. The van der Waals surface area contributed by atoms with E-state index in [1.807, 2.05) is 24.4 Å². The summed E-state index contributed by atoms with van der Waals surface area (Å²) in [5.41, 5.74) is 10.1. The summed E-state index contributed by atoms with van der Waals surface area (Å²) in [5.74, 6) is 4.00. The zero-order chi connectivity index (χ0) is 37.8. The number of H-pyrrole nitrogens is 1. The molecule has 1 aromatic heterocycles. The Balaban J connectivity index is 1.27. The summed E-state index contributed by atoms with van der Waals surface area (Å²) < 4.78 is 17.7. The number of carbonyl (C=O) groups excluding carboxylic acids is 2. The Labute approximate surface area is 314 Å². The third-order valence-corrected chi connectivity index (χ3v) is 13.1. The van der Waals surface area contributed by atoms with Crippen molar-refractivity contribution < 1.29 is 34.0 Å². The Morgan fingerprint density at radius 1 is 1.02 bits per heavy atom. The minimum atomic E-state index is -0.522. The number of hydrogen-bond acceptors (Lipinski definition) is 9. The smallest absolute Gasteiger partial charge is 0.302 e. The van der Waals surface area contributed by atoms with Crippen LogP contribution in [-0.4, -0.2) is 59.6 Å². The molecule has 2 heterocycles. The molecule has 3 saturated carbocycles. The number of rotatable bonds is 13. The van der Waals surface area contributed by atoms with Gasteiger partial charge in [0, 0.05) is 51.2 Å². The van der Waals surface area contributed by atoms with E-state index in [-0.39, 0.29) is 36.1 Å². The summed E-state index contributed by atoms with van der Waals surface area (Å²) in [7, 11) is 1.52. The number of dihydropyridines is 1. The first-order chi connectivity index (χ1) is 25.4. The van der Waals surface area contributed by atoms with Gasteiger partial charge in [0.1, 0.15) is 12.2 Å². The lowest BCUT2D eigenvalue weighted by atomic mass is 9.50. The van der Waals surface area contributed by atoms with Crippen LogP contribution in [0.2, 0.25) is 0 Å². The van der Waals surface area contributed by atoms with Crippen molar-refractivity contribution in [3.8, 4) is 11.5 Å². The van der Waals surface area contributed by atoms with E-state index in [9.17, 15) is 19.8 Å². The first-order valence-corrected chi connectivity index (χ1v) is 19.9. The second-order valence-electron chi connectivity index (χ2n) is 16.6. The molecule has 10 nitrogen and oxygen atoms in total. The molecule has 1 aliphatic heterocycles. The normalized spacial score (nSPS) is 29.4. The van der Waals surface area contributed by atoms with Crippen LogP contribution in [0, 0.1) is 47.3 Å². The standard InChI is InChI=1S/C43H61N3O7/c1-24(2)35-21-38-34(39-7-6-13-45-39)11-10-33-31(23-47)16-30(15-29(35)17-37(33)38)41(53-26(4)49)20-32(52-25(3)48)9-8-27-18-42(51-5)40(50)22-36(27)28-12-14-46-43(44)19-28/h6-7,12-13,18-19,22,24,29-35,37-38,41,45-47,50H,8-11,14-17,20-21,23,44H2,1-5H3/t29-,30+,31-,32-,33+,34-,35+,37-,38+,41-/m1/s1. The largest absolute Gasteiger partial charge is 0.504 e. The molecule has 53 heavy (non-hydrogen) atoms. The van der Waals surface area contributed by atoms with Gasteiger partial charge in [0.05, 0.1) is 12.9 Å². The molecule has 0 unspecified atom stereocenters. The van der Waals surface area contributed by atoms with E-state index < -0.39 is 12.2 Å². The molecule has 3 aliphatic carbocycles. The lowest BCUT2D eigenvalue weighted by molar-refractivity contribution is -0.158. The molecule has 4 aliphatic rings. The van der Waals surface area contributed by atoms with E-state index in [0.717, 1.165) is 48.8 Å². The second kappa shape index (κ2) is 17.0. The van der Waals surface area contributed by atoms with E-state index in [4.69, 9.17) is 19.9 Å². The van der Waals surface area contributed by atoms with Crippen molar-refractivity contribution in [2.75, 3.05) is 20.3 Å². The zero-order valence-corrected chi connectivity index (χ0v) is 32.2. The SMILES string of the molecule is COc1cc(CC[C@H](C[C@@H](OC(C)=O)[C@@H]2C[C@H](CO)[C@@H]3CC[C@@H](c4ccc[nH]4)[C@@H]4C[C@@H](C(C)C)[C@H](C2)C[C@@H]43)OC(C)=O)c(C2=CCNC(N)=C2)cc1O. The first kappa shape index (κ1) is 38.8. The predicted molar refractivity (Wildman–Crippen MR) is 205 cm³/mol. The van der Waals surface area contributed by atoms with Gasteiger partial charge in [0.15, 0.2) is 11.5 Å². The van der Waals surface area contributed by atoms with E-state index >= 15 is 0 Å². The highest BCUT2D eigenvalue weighted by molar-refractivity contribution is 5.79. The molecule has 290 valence electrons. The number of allylic oxidation sites excluding steroid dienone is 2. The molecule has 0 radical (unpaired) electrons. The molecule has 6 rings (SSSR count). The van der Waals surface area contributed by atoms with Gasteiger partial charge in [-0.3, -0.25) is 9.59 Å². The van der Waals surface area contributed by atoms with E-state index in [1.165, 1.54) is 33.1 Å². The van der Waals surface area contributed by atoms with Crippen LogP contribution in [0.4, 0.5) is 0 Å². The maximum atomic E-state index is 12.8. The fourth-order valence-electron chi connectivity index (χ4n) is 10.9. The predicted octanol–water partition coefficient (Wildman–Crippen LogP) is 6.83. The third kappa shape index (κ3) is 8.90. The number of aryl methyl sites for hydroxylation is 1. The number of hydrogen-bond donors (Lipinski definition) is 5. The number of aromatic hydroxyl groups is 1. The molecule has 2 bridgehead atoms. The van der Waals surface area contributed by atoms with Gasteiger partial charge in [0.2, 0.25) is 0 Å². The van der Waals surface area contributed by atoms with Crippen molar-refractivity contribution in [3.05, 3.63) is 65.3 Å². The van der Waals surface area contributed by atoms with E-state index in [0.29, 0.717) is 78.8 Å². The van der Waals surface area contributed by atoms with Gasteiger partial charge in [-0.25, -0.2) is 0 Å². The van der Waals surface area contributed by atoms with Crippen molar-refractivity contribution in [1.29, 1.82) is 0 Å². The lowest BCUT2D eigenvalue weighted by Crippen LogP contribution is -2.49. The lowest BCUT2D eigenvalue weighted by Gasteiger charge is -2.55. The molecular formula is C43H61N3O7. The average molecular weight is 732 g/mol. The van der Waals surface area contributed by atoms with Crippen LogP contribution in [0.1, 0.15) is 102 Å². The number of aromatic amines is 1. The quantitative estimate of drug-likeness (QED) is 0.139. The number of fused-ring (bicyclic) bond motifs is 1. The van der Waals surface area contributed by atoms with Gasteiger partial charge in [-0.1, -0.05) is 19.9 Å². The molecule has 0 amide bonds. The molecule has 3 fully saturated rings. The molecule has 6 N–H and O–H groups in total. The van der Waals surface area contributed by atoms with Crippen molar-refractivity contribution >= 4 is 17.5 Å². The van der Waals surface area contributed by atoms with Crippen LogP contribution in [0.3, 0.4) is 0 Å². The Morgan fingerprint density at radius 2 is 1.81 bits per heavy atom. The summed E-state index contributed by atoms with van der Waals surface area (Å²) >= 11 is 0. The van der Waals surface area contributed by atoms with Crippen LogP contribution in [0.25, 0.3) is 5.57 Å². The highest BCUT2D eigenvalue weighted by atomic mass is 16.6. The van der Waals surface area contributed by atoms with Crippen LogP contribution >= 0.6 is 0 Å². The molecule has 1 aromatic carbocycles. The number of aliphatic hydroxyl groups is 1. The Hall–Kier alpha value is -3.92. The molecule has 10 heteroatoms. The molecular weight excluding hydrogens is 670 g/mol. The zero-order valence-electron chi connectivity index (χ0n) is 32.2. The highest BCUT2D eigenvalue weighted by Crippen LogP contribution is 2.59. The number of phenolic OH excluding ortho intramolecular Hbond substituents is 1. The number of nitrogens with one attached hydrogen (secondary N) is 2. The van der Waals surface area contributed by atoms with Gasteiger partial charge < -0.3 is 40.5 Å². The van der Waals surface area contributed by atoms with Crippen molar-refractivity contribution in [3.63, 3.8) is 0 Å². The molecule has 0 saturated heterocycles. The number of methoxy groups -OCH3 is 1. The fourth-order valence-corrected chi connectivity index (χ4v) is 10.9. The number of nitrogens with two attached hydrogens (primary N) is 1. The first-order valence-electron chi connectivity index (χ1n) is 19.9. The average Bonchev–Trinajstić information content (AvgIpc) is 3.65. The summed E-state index contributed by atoms with van der Waals surface area (Å²) in [4.78, 5) is 28.9. The Kier molecular flexibility index (Phi) is 12.5. The van der Waals surface area contributed by atoms with Gasteiger partial charge >= 0.3 is 11.9 Å². The minimum absolute atomic E-state index is 0.0244. The van der Waals surface area contributed by atoms with Gasteiger partial charge in [-0.2, -0.15) is 0 Å². The van der Waals surface area contributed by atoms with Crippen molar-refractivity contribution in [2.24, 2.45) is 53.1 Å². The maximum absolute atomic E-state index is 12.8. The van der Waals surface area contributed by atoms with Crippen LogP contribution < -0.4 is 15.8 Å².